The van der Waals surface area contributed by atoms with Crippen LogP contribution in [0.5, 0.6) is 0 Å². The molecule has 17 heavy (non-hydrogen) atoms. The van der Waals surface area contributed by atoms with E-state index in [9.17, 15) is 0 Å². The molecule has 1 rings (SSSR count). The predicted molar refractivity (Wildman–Crippen MR) is 85.9 cm³/mol. The zero-order chi connectivity index (χ0) is 12.8. The minimum absolute atomic E-state index is 0.847. The largest absolute Gasteiger partial charge is 0.121 e. The summed E-state index contributed by atoms with van der Waals surface area (Å²) < 4.78 is 2.52. The molecule has 1 heterocycles. The van der Waals surface area contributed by atoms with Crippen molar-refractivity contribution >= 4 is 43.2 Å². The molecular weight excluding hydrogens is 360 g/mol. The number of halogens is 2. The molecule has 0 spiro atoms. The number of rotatable bonds is 7. The molecule has 0 aliphatic heterocycles. The molecule has 0 saturated heterocycles. The van der Waals surface area contributed by atoms with Crippen LogP contribution in [0.2, 0.25) is 0 Å². The summed E-state index contributed by atoms with van der Waals surface area (Å²) in [5.74, 6) is 1.70. The average Bonchev–Trinajstić information content (AvgIpc) is 2.54. The minimum atomic E-state index is 0.847. The topological polar surface area (TPSA) is 0 Å². The van der Waals surface area contributed by atoms with Crippen LogP contribution in [-0.2, 0) is 6.42 Å². The second-order valence-corrected chi connectivity index (χ2v) is 9.07. The van der Waals surface area contributed by atoms with E-state index in [1.165, 1.54) is 45.2 Å². The predicted octanol–water partition coefficient (Wildman–Crippen LogP) is 6.67. The van der Waals surface area contributed by atoms with Gasteiger partial charge in [-0.25, -0.2) is 0 Å². The molecule has 0 aromatic carbocycles. The van der Waals surface area contributed by atoms with E-state index in [0.717, 1.165) is 11.8 Å². The molecule has 0 nitrogen and oxygen atoms in total. The van der Waals surface area contributed by atoms with Gasteiger partial charge in [-0.3, -0.25) is 0 Å². The van der Waals surface area contributed by atoms with Crippen LogP contribution in [0, 0.1) is 11.8 Å². The Morgan fingerprint density at radius 1 is 1.12 bits per heavy atom. The fourth-order valence-electron chi connectivity index (χ4n) is 1.97. The van der Waals surface area contributed by atoms with Crippen molar-refractivity contribution in [2.75, 3.05) is 0 Å². The molecule has 0 saturated carbocycles. The van der Waals surface area contributed by atoms with E-state index < -0.39 is 0 Å². The third-order valence-corrected chi connectivity index (χ3v) is 5.58. The molecule has 0 fully saturated rings. The standard InChI is InChI=1S/C14H22Br2S/c1-10(2)5-4-6-11(3)7-8-12-9-13(15)17-14(12)16/h9-11H,4-8H2,1-3H3/t11-/m0/s1. The van der Waals surface area contributed by atoms with Crippen LogP contribution in [0.1, 0.15) is 52.0 Å². The van der Waals surface area contributed by atoms with Gasteiger partial charge in [-0.15, -0.1) is 11.3 Å². The van der Waals surface area contributed by atoms with Crippen molar-refractivity contribution in [2.45, 2.75) is 52.9 Å². The Balaban J connectivity index is 2.23. The summed E-state index contributed by atoms with van der Waals surface area (Å²) in [6.45, 7) is 7.00. The summed E-state index contributed by atoms with van der Waals surface area (Å²) in [6.07, 6.45) is 6.64. The first-order valence-electron chi connectivity index (χ1n) is 6.42. The van der Waals surface area contributed by atoms with Gasteiger partial charge in [0.2, 0.25) is 0 Å². The first-order chi connectivity index (χ1) is 7.99. The summed E-state index contributed by atoms with van der Waals surface area (Å²) in [5, 5.41) is 0. The van der Waals surface area contributed by atoms with Crippen LogP contribution in [0.4, 0.5) is 0 Å². The van der Waals surface area contributed by atoms with Gasteiger partial charge in [0.15, 0.2) is 0 Å². The smallest absolute Gasteiger partial charge is 0.0742 e. The van der Waals surface area contributed by atoms with E-state index in [2.05, 4.69) is 58.7 Å². The van der Waals surface area contributed by atoms with Crippen molar-refractivity contribution in [2.24, 2.45) is 11.8 Å². The van der Waals surface area contributed by atoms with E-state index in [0.29, 0.717) is 0 Å². The van der Waals surface area contributed by atoms with Crippen LogP contribution < -0.4 is 0 Å². The minimum Gasteiger partial charge on any atom is -0.121 e. The van der Waals surface area contributed by atoms with Gasteiger partial charge in [0, 0.05) is 0 Å². The van der Waals surface area contributed by atoms with Gasteiger partial charge in [-0.2, -0.15) is 0 Å². The van der Waals surface area contributed by atoms with Gasteiger partial charge >= 0.3 is 0 Å². The van der Waals surface area contributed by atoms with Crippen molar-refractivity contribution in [3.05, 3.63) is 19.2 Å². The summed E-state index contributed by atoms with van der Waals surface area (Å²) in [5.41, 5.74) is 1.46. The van der Waals surface area contributed by atoms with E-state index in [-0.39, 0.29) is 0 Å². The number of thiophene rings is 1. The quantitative estimate of drug-likeness (QED) is 0.494. The highest BCUT2D eigenvalue weighted by molar-refractivity contribution is 9.12. The molecule has 0 aliphatic rings. The molecule has 0 aliphatic carbocycles. The van der Waals surface area contributed by atoms with Crippen molar-refractivity contribution in [1.82, 2.24) is 0 Å². The maximum atomic E-state index is 3.63. The summed E-state index contributed by atoms with van der Waals surface area (Å²) in [7, 11) is 0. The molecule has 3 heteroatoms. The fraction of sp³-hybridized carbons (Fsp3) is 0.714. The Morgan fingerprint density at radius 3 is 2.35 bits per heavy atom. The van der Waals surface area contributed by atoms with Crippen molar-refractivity contribution in [1.29, 1.82) is 0 Å². The molecule has 1 aromatic rings. The highest BCUT2D eigenvalue weighted by Gasteiger charge is 2.08. The van der Waals surface area contributed by atoms with Gasteiger partial charge < -0.3 is 0 Å². The Hall–Kier alpha value is 0.660. The third kappa shape index (κ3) is 6.40. The van der Waals surface area contributed by atoms with E-state index >= 15 is 0 Å². The van der Waals surface area contributed by atoms with Crippen LogP contribution >= 0.6 is 43.2 Å². The second kappa shape index (κ2) is 7.96. The maximum absolute atomic E-state index is 3.63. The molecule has 0 amide bonds. The van der Waals surface area contributed by atoms with Crippen LogP contribution in [-0.4, -0.2) is 0 Å². The number of hydrogen-bond donors (Lipinski definition) is 0. The monoisotopic (exact) mass is 380 g/mol. The van der Waals surface area contributed by atoms with Gasteiger partial charge in [-0.1, -0.05) is 40.0 Å². The Labute approximate surface area is 126 Å². The van der Waals surface area contributed by atoms with Crippen molar-refractivity contribution in [3.8, 4) is 0 Å². The fourth-order valence-corrected chi connectivity index (χ4v) is 4.88. The third-order valence-electron chi connectivity index (χ3n) is 3.11. The van der Waals surface area contributed by atoms with Gasteiger partial charge in [0.1, 0.15) is 0 Å². The van der Waals surface area contributed by atoms with E-state index in [4.69, 9.17) is 0 Å². The first kappa shape index (κ1) is 15.7. The zero-order valence-electron chi connectivity index (χ0n) is 10.9. The molecule has 0 unspecified atom stereocenters. The molecule has 1 atom stereocenters. The molecule has 0 radical (unpaired) electrons. The van der Waals surface area contributed by atoms with E-state index in [1.807, 2.05) is 0 Å². The van der Waals surface area contributed by atoms with Crippen LogP contribution in [0.3, 0.4) is 0 Å². The first-order valence-corrected chi connectivity index (χ1v) is 8.83. The summed E-state index contributed by atoms with van der Waals surface area (Å²) in [6, 6.07) is 2.25. The van der Waals surface area contributed by atoms with E-state index in [1.54, 1.807) is 11.3 Å². The second-order valence-electron chi connectivity index (χ2n) is 5.32. The van der Waals surface area contributed by atoms with Crippen LogP contribution in [0.15, 0.2) is 13.6 Å². The Morgan fingerprint density at radius 2 is 1.82 bits per heavy atom. The zero-order valence-corrected chi connectivity index (χ0v) is 14.9. The lowest BCUT2D eigenvalue weighted by molar-refractivity contribution is 0.437. The normalized spacial score (nSPS) is 13.3. The molecule has 0 bridgehead atoms. The highest BCUT2D eigenvalue weighted by atomic mass is 79.9. The maximum Gasteiger partial charge on any atom is 0.0742 e. The lowest BCUT2D eigenvalue weighted by atomic mass is 9.95. The summed E-state index contributed by atoms with van der Waals surface area (Å²) in [4.78, 5) is 0. The number of hydrogen-bond acceptors (Lipinski definition) is 1. The Bertz CT molecular complexity index is 331. The molecular formula is C14H22Br2S. The van der Waals surface area contributed by atoms with Gasteiger partial charge in [0.25, 0.3) is 0 Å². The lowest BCUT2D eigenvalue weighted by Gasteiger charge is -2.11. The average molecular weight is 382 g/mol. The molecule has 98 valence electrons. The van der Waals surface area contributed by atoms with Crippen molar-refractivity contribution in [3.63, 3.8) is 0 Å². The SMILES string of the molecule is CC(C)CCC[C@H](C)CCc1cc(Br)sc1Br. The molecule has 0 N–H and O–H groups in total. The number of aryl methyl sites for hydroxylation is 1. The summed E-state index contributed by atoms with van der Waals surface area (Å²) >= 11 is 8.94. The Kier molecular flexibility index (Phi) is 7.36. The van der Waals surface area contributed by atoms with Crippen LogP contribution in [0.25, 0.3) is 0 Å². The van der Waals surface area contributed by atoms with Crippen molar-refractivity contribution < 1.29 is 0 Å². The van der Waals surface area contributed by atoms with Gasteiger partial charge in [0.05, 0.1) is 7.57 Å². The van der Waals surface area contributed by atoms with Gasteiger partial charge in [-0.05, 0) is 68.2 Å². The molecule has 1 aromatic heterocycles. The lowest BCUT2D eigenvalue weighted by Crippen LogP contribution is -1.98. The highest BCUT2D eigenvalue weighted by Crippen LogP contribution is 2.33.